The zero-order valence-electron chi connectivity index (χ0n) is 30.1. The van der Waals surface area contributed by atoms with Gasteiger partial charge in [-0.05, 0) is 129 Å². The van der Waals surface area contributed by atoms with Crippen LogP contribution in [0.4, 0.5) is 0 Å². The lowest BCUT2D eigenvalue weighted by Crippen LogP contribution is -2.12. The van der Waals surface area contributed by atoms with Crippen LogP contribution < -0.4 is 5.32 Å². The minimum absolute atomic E-state index is 0.343. The molecule has 7 aromatic rings. The Morgan fingerprint density at radius 1 is 0.481 bits per heavy atom. The highest BCUT2D eigenvalue weighted by Gasteiger charge is 2.19. The molecule has 2 aliphatic heterocycles. The Labute approximate surface area is 317 Å². The largest absolute Gasteiger partial charge is 0.387 e. The van der Waals surface area contributed by atoms with Crippen molar-refractivity contribution in [2.75, 3.05) is 13.1 Å². The second-order valence-electron chi connectivity index (χ2n) is 14.0. The predicted octanol–water partition coefficient (Wildman–Crippen LogP) is 11.9. The summed E-state index contributed by atoms with van der Waals surface area (Å²) in [6.45, 7) is 1.63. The average Bonchev–Trinajstić information content (AvgIpc) is 3.27. The van der Waals surface area contributed by atoms with Crippen molar-refractivity contribution >= 4 is 11.8 Å². The number of aliphatic imine (C=N–C) groups is 1. The van der Waals surface area contributed by atoms with Gasteiger partial charge >= 0.3 is 0 Å². The Morgan fingerprint density at radius 2 is 1.00 bits per heavy atom. The van der Waals surface area contributed by atoms with Gasteiger partial charge in [-0.1, -0.05) is 127 Å². The fourth-order valence-corrected chi connectivity index (χ4v) is 7.46. The number of aromatic nitrogens is 2. The number of allylic oxidation sites excluding steroid dienone is 2. The lowest BCUT2D eigenvalue weighted by molar-refractivity contribution is 0.619. The molecule has 1 aromatic heterocycles. The first-order valence-corrected chi connectivity index (χ1v) is 18.8. The van der Waals surface area contributed by atoms with E-state index in [9.17, 15) is 0 Å². The Kier molecular flexibility index (Phi) is 9.31. The summed E-state index contributed by atoms with van der Waals surface area (Å²) >= 11 is 0. The molecule has 54 heavy (non-hydrogen) atoms. The van der Waals surface area contributed by atoms with E-state index < -0.39 is 0 Å². The van der Waals surface area contributed by atoms with Gasteiger partial charge in [-0.2, -0.15) is 0 Å². The number of rotatable bonds is 8. The molecular formula is C50H40N4. The lowest BCUT2D eigenvalue weighted by Gasteiger charge is -2.19. The zero-order chi connectivity index (χ0) is 36.1. The minimum atomic E-state index is 0.343. The van der Waals surface area contributed by atoms with Gasteiger partial charge in [0.05, 0.1) is 5.69 Å². The SMILES string of the molecule is C1=CC(c2cc(C3CC=NCC3)nc(-c3ccc(-c4cc(-c5cccc(-c6ccccc6)c5)cc(-c5cccc(-c6ccccc6)c5)c4)cc3)n2)=CCN1. The second-order valence-corrected chi connectivity index (χ2v) is 14.0. The number of dihydropyridines is 1. The third-order valence-corrected chi connectivity index (χ3v) is 10.4. The van der Waals surface area contributed by atoms with E-state index in [2.05, 4.69) is 180 Å². The maximum atomic E-state index is 5.16. The van der Waals surface area contributed by atoms with Gasteiger partial charge in [0, 0.05) is 30.3 Å². The number of nitrogens with zero attached hydrogens (tertiary/aromatic N) is 3. The van der Waals surface area contributed by atoms with E-state index >= 15 is 0 Å². The van der Waals surface area contributed by atoms with Crippen molar-refractivity contribution in [3.63, 3.8) is 0 Å². The van der Waals surface area contributed by atoms with Crippen molar-refractivity contribution < 1.29 is 0 Å². The molecule has 4 nitrogen and oxygen atoms in total. The van der Waals surface area contributed by atoms with Gasteiger partial charge in [-0.15, -0.1) is 0 Å². The van der Waals surface area contributed by atoms with Crippen LogP contribution in [0.1, 0.15) is 30.1 Å². The fourth-order valence-electron chi connectivity index (χ4n) is 7.46. The van der Waals surface area contributed by atoms with Gasteiger partial charge < -0.3 is 5.32 Å². The van der Waals surface area contributed by atoms with E-state index in [0.717, 1.165) is 65.4 Å². The first kappa shape index (κ1) is 33.2. The molecule has 0 saturated carbocycles. The summed E-state index contributed by atoms with van der Waals surface area (Å²) in [6, 6.07) is 56.8. The van der Waals surface area contributed by atoms with E-state index in [1.54, 1.807) is 0 Å². The summed E-state index contributed by atoms with van der Waals surface area (Å²) < 4.78 is 0. The Bertz CT molecular complexity index is 2410. The summed E-state index contributed by atoms with van der Waals surface area (Å²) in [5.74, 6) is 1.10. The molecule has 1 unspecified atom stereocenters. The highest BCUT2D eigenvalue weighted by atomic mass is 14.9. The number of hydrogen-bond donors (Lipinski definition) is 1. The van der Waals surface area contributed by atoms with Gasteiger partial charge in [0.15, 0.2) is 5.82 Å². The summed E-state index contributed by atoms with van der Waals surface area (Å²) in [5, 5.41) is 3.26. The van der Waals surface area contributed by atoms with Crippen LogP contribution in [-0.2, 0) is 0 Å². The molecule has 4 heteroatoms. The molecule has 9 rings (SSSR count). The first-order chi connectivity index (χ1) is 26.7. The number of nitrogens with one attached hydrogen (secondary N) is 1. The molecule has 1 N–H and O–H groups in total. The van der Waals surface area contributed by atoms with Crippen molar-refractivity contribution in [2.45, 2.75) is 18.8 Å². The lowest BCUT2D eigenvalue weighted by atomic mass is 9.91. The molecule has 0 bridgehead atoms. The third-order valence-electron chi connectivity index (χ3n) is 10.4. The number of hydrogen-bond acceptors (Lipinski definition) is 4. The predicted molar refractivity (Wildman–Crippen MR) is 225 cm³/mol. The summed E-state index contributed by atoms with van der Waals surface area (Å²) in [4.78, 5) is 14.7. The van der Waals surface area contributed by atoms with Crippen molar-refractivity contribution in [3.8, 4) is 67.0 Å². The van der Waals surface area contributed by atoms with Crippen molar-refractivity contribution in [1.29, 1.82) is 0 Å². The smallest absolute Gasteiger partial charge is 0.160 e. The minimum Gasteiger partial charge on any atom is -0.387 e. The van der Waals surface area contributed by atoms with Crippen LogP contribution >= 0.6 is 0 Å². The molecule has 0 aliphatic carbocycles. The van der Waals surface area contributed by atoms with E-state index in [1.165, 1.54) is 44.5 Å². The Morgan fingerprint density at radius 3 is 1.56 bits per heavy atom. The molecule has 6 aromatic carbocycles. The van der Waals surface area contributed by atoms with E-state index in [4.69, 9.17) is 9.97 Å². The molecule has 0 radical (unpaired) electrons. The van der Waals surface area contributed by atoms with E-state index in [-0.39, 0.29) is 0 Å². The van der Waals surface area contributed by atoms with Gasteiger partial charge in [0.1, 0.15) is 0 Å². The maximum Gasteiger partial charge on any atom is 0.160 e. The second kappa shape index (κ2) is 15.1. The first-order valence-electron chi connectivity index (χ1n) is 18.8. The van der Waals surface area contributed by atoms with Crippen LogP contribution in [0.25, 0.3) is 72.6 Å². The Hall–Kier alpha value is -6.65. The topological polar surface area (TPSA) is 50.2 Å². The van der Waals surface area contributed by atoms with Crippen LogP contribution in [0.2, 0.25) is 0 Å². The molecule has 0 amide bonds. The van der Waals surface area contributed by atoms with Crippen LogP contribution in [0.15, 0.2) is 181 Å². The molecule has 1 atom stereocenters. The number of benzene rings is 6. The van der Waals surface area contributed by atoms with Crippen LogP contribution in [0.3, 0.4) is 0 Å². The van der Waals surface area contributed by atoms with Crippen LogP contribution in [0, 0.1) is 0 Å². The summed E-state index contributed by atoms with van der Waals surface area (Å²) in [5.41, 5.74) is 16.0. The summed E-state index contributed by atoms with van der Waals surface area (Å²) in [7, 11) is 0. The normalized spacial score (nSPS) is 15.0. The summed E-state index contributed by atoms with van der Waals surface area (Å²) in [6.07, 6.45) is 10.2. The molecular weight excluding hydrogens is 657 g/mol. The van der Waals surface area contributed by atoms with Crippen molar-refractivity contribution in [1.82, 2.24) is 15.3 Å². The quantitative estimate of drug-likeness (QED) is 0.172. The third kappa shape index (κ3) is 7.19. The van der Waals surface area contributed by atoms with Crippen molar-refractivity contribution in [3.05, 3.63) is 187 Å². The molecule has 3 heterocycles. The van der Waals surface area contributed by atoms with Gasteiger partial charge in [-0.25, -0.2) is 9.97 Å². The Balaban J connectivity index is 1.12. The molecule has 0 fully saturated rings. The average molecular weight is 697 g/mol. The van der Waals surface area contributed by atoms with E-state index in [0.29, 0.717) is 5.92 Å². The van der Waals surface area contributed by atoms with Crippen LogP contribution in [-0.4, -0.2) is 29.3 Å². The molecule has 2 aliphatic rings. The fraction of sp³-hybridized carbons (Fsp3) is 0.100. The maximum absolute atomic E-state index is 5.16. The standard InChI is InChI=1S/C50H40N4/c1-3-9-35(10-4-1)41-13-7-15-43(29-41)46-31-45(32-47(33-46)44-16-8-14-42(30-44)36-11-5-2-6-12-36)37-17-19-40(20-18-37)50-53-48(38-21-25-51-26-22-38)34-49(54-50)39-23-27-52-28-24-39/h1-22,25,27,29-34,39,51H,23-24,26,28H2. The zero-order valence-corrected chi connectivity index (χ0v) is 30.1. The monoisotopic (exact) mass is 696 g/mol. The van der Waals surface area contributed by atoms with Crippen LogP contribution in [0.5, 0.6) is 0 Å². The van der Waals surface area contributed by atoms with Gasteiger partial charge in [-0.3, -0.25) is 4.99 Å². The highest BCUT2D eigenvalue weighted by molar-refractivity contribution is 5.84. The van der Waals surface area contributed by atoms with Crippen molar-refractivity contribution in [2.24, 2.45) is 4.99 Å². The van der Waals surface area contributed by atoms with Gasteiger partial charge in [0.25, 0.3) is 0 Å². The highest BCUT2D eigenvalue weighted by Crippen LogP contribution is 2.37. The van der Waals surface area contributed by atoms with E-state index in [1.807, 2.05) is 12.4 Å². The molecule has 0 spiro atoms. The molecule has 0 saturated heterocycles. The van der Waals surface area contributed by atoms with Gasteiger partial charge in [0.2, 0.25) is 0 Å². The molecule has 260 valence electrons.